The van der Waals surface area contributed by atoms with Gasteiger partial charge in [0.05, 0.1) is 4.92 Å². The molecule has 1 N–H and O–H groups in total. The standard InChI is InChI=1S/C9H8N2O2/c1-3-7-8(10-2)5-4-6-9(7)11(12)13/h3-6H,1-2H2/p+1. The Hall–Kier alpha value is -1.97. The van der Waals surface area contributed by atoms with E-state index in [1.807, 2.05) is 0 Å². The molecule has 0 radical (unpaired) electrons. The summed E-state index contributed by atoms with van der Waals surface area (Å²) in [7, 11) is 0. The molecule has 1 aromatic rings. The zero-order valence-corrected chi connectivity index (χ0v) is 6.99. The molecule has 4 nitrogen and oxygen atoms in total. The zero-order valence-electron chi connectivity index (χ0n) is 6.99. The maximum Gasteiger partial charge on any atom is 0.283 e. The molecule has 0 aromatic heterocycles. The molecular weight excluding hydrogens is 168 g/mol. The summed E-state index contributed by atoms with van der Waals surface area (Å²) in [5.74, 6) is 0. The second-order valence-electron chi connectivity index (χ2n) is 2.38. The van der Waals surface area contributed by atoms with Gasteiger partial charge in [0, 0.05) is 12.1 Å². The maximum atomic E-state index is 10.6. The highest BCUT2D eigenvalue weighted by Crippen LogP contribution is 2.23. The molecule has 0 saturated heterocycles. The van der Waals surface area contributed by atoms with Gasteiger partial charge >= 0.3 is 0 Å². The zero-order chi connectivity index (χ0) is 9.84. The van der Waals surface area contributed by atoms with Crippen molar-refractivity contribution in [3.63, 3.8) is 0 Å². The highest BCUT2D eigenvalue weighted by atomic mass is 16.6. The molecule has 4 heteroatoms. The Kier molecular flexibility index (Phi) is 2.54. The number of nitro benzene ring substituents is 1. The Labute approximate surface area is 75.4 Å². The molecule has 1 aromatic carbocycles. The quantitative estimate of drug-likeness (QED) is 0.418. The number of nitro groups is 1. The van der Waals surface area contributed by atoms with E-state index in [0.717, 1.165) is 0 Å². The van der Waals surface area contributed by atoms with Gasteiger partial charge in [0.25, 0.3) is 5.69 Å². The molecule has 0 bridgehead atoms. The highest BCUT2D eigenvalue weighted by Gasteiger charge is 2.16. The Morgan fingerprint density at radius 3 is 2.69 bits per heavy atom. The largest absolute Gasteiger partial charge is 0.283 e. The third-order valence-corrected chi connectivity index (χ3v) is 1.67. The molecule has 1 rings (SSSR count). The number of benzene rings is 1. The fraction of sp³-hybridized carbons (Fsp3) is 0. The summed E-state index contributed by atoms with van der Waals surface area (Å²) in [6.45, 7) is 6.95. The van der Waals surface area contributed by atoms with Crippen LogP contribution in [0.4, 0.5) is 11.4 Å². The topological polar surface area (TPSA) is 57.1 Å². The average Bonchev–Trinajstić information content (AvgIpc) is 2.16. The fourth-order valence-electron chi connectivity index (χ4n) is 1.08. The Morgan fingerprint density at radius 1 is 1.54 bits per heavy atom. The van der Waals surface area contributed by atoms with E-state index in [1.165, 1.54) is 12.1 Å². The average molecular weight is 177 g/mol. The minimum atomic E-state index is -0.447. The predicted molar refractivity (Wildman–Crippen MR) is 50.9 cm³/mol. The lowest BCUT2D eigenvalue weighted by Crippen LogP contribution is -2.58. The van der Waals surface area contributed by atoms with Crippen LogP contribution in [0, 0.1) is 10.1 Å². The second kappa shape index (κ2) is 3.62. The van der Waals surface area contributed by atoms with Gasteiger partial charge in [-0.2, -0.15) is 0 Å². The third-order valence-electron chi connectivity index (χ3n) is 1.67. The van der Waals surface area contributed by atoms with Crippen LogP contribution in [0.3, 0.4) is 0 Å². The first-order valence-corrected chi connectivity index (χ1v) is 3.63. The highest BCUT2D eigenvalue weighted by molar-refractivity contribution is 5.69. The van der Waals surface area contributed by atoms with Gasteiger partial charge in [-0.1, -0.05) is 6.58 Å². The Morgan fingerprint density at radius 2 is 2.23 bits per heavy atom. The minimum absolute atomic E-state index is 0.0312. The summed E-state index contributed by atoms with van der Waals surface area (Å²) in [6, 6.07) is 4.73. The van der Waals surface area contributed by atoms with Crippen LogP contribution in [0.5, 0.6) is 0 Å². The van der Waals surface area contributed by atoms with Crippen molar-refractivity contribution in [2.24, 2.45) is 0 Å². The molecule has 0 atom stereocenters. The van der Waals surface area contributed by atoms with E-state index in [-0.39, 0.29) is 5.69 Å². The lowest BCUT2D eigenvalue weighted by atomic mass is 10.1. The number of nitrogens with one attached hydrogen (secondary N) is 1. The number of hydrogen-bond acceptors (Lipinski definition) is 2. The smallest absolute Gasteiger partial charge is 0.258 e. The van der Waals surface area contributed by atoms with Crippen LogP contribution in [0.15, 0.2) is 24.8 Å². The molecule has 0 saturated carbocycles. The van der Waals surface area contributed by atoms with E-state index >= 15 is 0 Å². The molecule has 0 unspecified atom stereocenters. The van der Waals surface area contributed by atoms with Crippen LogP contribution >= 0.6 is 0 Å². The summed E-state index contributed by atoms with van der Waals surface area (Å²) in [5, 5.41) is 10.6. The number of hydrogen-bond donors (Lipinski definition) is 1. The normalized spacial score (nSPS) is 9.23. The first-order valence-electron chi connectivity index (χ1n) is 3.63. The predicted octanol–water partition coefficient (Wildman–Crippen LogP) is 0.650. The lowest BCUT2D eigenvalue weighted by molar-refractivity contribution is -0.387. The molecular formula is C9H9N2O2+. The summed E-state index contributed by atoms with van der Waals surface area (Å²) >= 11 is 0. The molecule has 13 heavy (non-hydrogen) atoms. The van der Waals surface area contributed by atoms with E-state index in [4.69, 9.17) is 0 Å². The number of nitrogens with zero attached hydrogens (tertiary/aromatic N) is 1. The molecule has 0 spiro atoms. The minimum Gasteiger partial charge on any atom is -0.258 e. The van der Waals surface area contributed by atoms with Gasteiger partial charge in [-0.05, 0) is 12.1 Å². The lowest BCUT2D eigenvalue weighted by Gasteiger charge is -1.96. The van der Waals surface area contributed by atoms with Crippen LogP contribution in [-0.2, 0) is 0 Å². The van der Waals surface area contributed by atoms with E-state index in [0.29, 0.717) is 11.3 Å². The fourth-order valence-corrected chi connectivity index (χ4v) is 1.08. The SMILES string of the molecule is C=Cc1c([NH+]=C)cccc1[N+](=O)[O-]. The summed E-state index contributed by atoms with van der Waals surface area (Å²) in [6.07, 6.45) is 1.44. The van der Waals surface area contributed by atoms with Crippen LogP contribution < -0.4 is 4.99 Å². The van der Waals surface area contributed by atoms with Gasteiger partial charge in [0.15, 0.2) is 0 Å². The molecule has 0 aliphatic heterocycles. The molecule has 0 heterocycles. The van der Waals surface area contributed by atoms with Crippen LogP contribution in [-0.4, -0.2) is 11.6 Å². The van der Waals surface area contributed by atoms with Crippen molar-refractivity contribution in [2.45, 2.75) is 0 Å². The van der Waals surface area contributed by atoms with Gasteiger partial charge in [-0.15, -0.1) is 0 Å². The number of rotatable bonds is 3. The monoisotopic (exact) mass is 177 g/mol. The summed E-state index contributed by atoms with van der Waals surface area (Å²) in [4.78, 5) is 12.7. The van der Waals surface area contributed by atoms with Crippen LogP contribution in [0.1, 0.15) is 5.56 Å². The van der Waals surface area contributed by atoms with Crippen molar-refractivity contribution in [1.82, 2.24) is 0 Å². The van der Waals surface area contributed by atoms with Gasteiger partial charge in [0.1, 0.15) is 12.3 Å². The first kappa shape index (κ1) is 9.12. The molecule has 0 fully saturated rings. The van der Waals surface area contributed by atoms with E-state index in [9.17, 15) is 10.1 Å². The van der Waals surface area contributed by atoms with Gasteiger partial charge in [-0.3, -0.25) is 10.1 Å². The van der Waals surface area contributed by atoms with Crippen molar-refractivity contribution in [3.05, 3.63) is 40.5 Å². The van der Waals surface area contributed by atoms with E-state index in [1.54, 1.807) is 12.1 Å². The molecule has 0 amide bonds. The Balaban J connectivity index is 3.43. The Bertz CT molecular complexity index is 372. The van der Waals surface area contributed by atoms with Crippen molar-refractivity contribution in [2.75, 3.05) is 0 Å². The van der Waals surface area contributed by atoms with Gasteiger partial charge < -0.3 is 0 Å². The van der Waals surface area contributed by atoms with Crippen molar-refractivity contribution < 1.29 is 9.92 Å². The van der Waals surface area contributed by atoms with Crippen LogP contribution in [0.25, 0.3) is 6.08 Å². The van der Waals surface area contributed by atoms with E-state index in [2.05, 4.69) is 18.3 Å². The second-order valence-corrected chi connectivity index (χ2v) is 2.38. The molecule has 0 aliphatic rings. The van der Waals surface area contributed by atoms with Crippen molar-refractivity contribution >= 4 is 24.2 Å². The van der Waals surface area contributed by atoms with Crippen molar-refractivity contribution in [3.8, 4) is 0 Å². The summed E-state index contributed by atoms with van der Waals surface area (Å²) < 4.78 is 0. The molecule has 0 aliphatic carbocycles. The first-order chi connectivity index (χ1) is 6.20. The van der Waals surface area contributed by atoms with Crippen molar-refractivity contribution in [1.29, 1.82) is 0 Å². The van der Waals surface area contributed by atoms with Gasteiger partial charge in [-0.25, -0.2) is 4.99 Å². The summed E-state index contributed by atoms with van der Waals surface area (Å²) in [5.41, 5.74) is 1.09. The maximum absolute atomic E-state index is 10.6. The van der Waals surface area contributed by atoms with Gasteiger partial charge in [0.2, 0.25) is 5.69 Å². The third kappa shape index (κ3) is 1.61. The van der Waals surface area contributed by atoms with Crippen LogP contribution in [0.2, 0.25) is 0 Å². The van der Waals surface area contributed by atoms with E-state index < -0.39 is 4.92 Å². The molecule has 66 valence electrons.